The molecule has 0 aliphatic heterocycles. The number of carbonyl (C=O) groups excluding carboxylic acids is 2. The average Bonchev–Trinajstić information content (AvgIpc) is 2.50. The summed E-state index contributed by atoms with van der Waals surface area (Å²) in [5, 5.41) is 5.31. The molecule has 0 aromatic heterocycles. The van der Waals surface area contributed by atoms with Gasteiger partial charge in [-0.1, -0.05) is 12.1 Å². The normalized spacial score (nSPS) is 11.6. The van der Waals surface area contributed by atoms with Crippen molar-refractivity contribution in [2.24, 2.45) is 0 Å². The molecule has 0 heterocycles. The second-order valence-electron chi connectivity index (χ2n) is 4.12. The zero-order valence-corrected chi connectivity index (χ0v) is 12.8. The third-order valence-electron chi connectivity index (χ3n) is 2.83. The van der Waals surface area contributed by atoms with Gasteiger partial charge >= 0.3 is 0 Å². The van der Waals surface area contributed by atoms with Crippen LogP contribution in [0.3, 0.4) is 0 Å². The number of ether oxygens (including phenoxy) is 1. The van der Waals surface area contributed by atoms with Gasteiger partial charge in [0.1, 0.15) is 11.8 Å². The lowest BCUT2D eigenvalue weighted by Crippen LogP contribution is -2.46. The van der Waals surface area contributed by atoms with Crippen LogP contribution in [0, 0.1) is 0 Å². The SMILES string of the molecule is CNC(=O)C(CCSC)NC(=O)c1ccccc1OC. The maximum atomic E-state index is 12.2. The van der Waals surface area contributed by atoms with Crippen LogP contribution in [0.25, 0.3) is 0 Å². The van der Waals surface area contributed by atoms with Gasteiger partial charge in [0, 0.05) is 7.05 Å². The van der Waals surface area contributed by atoms with Crippen LogP contribution in [0.5, 0.6) is 5.75 Å². The first-order chi connectivity index (χ1) is 9.63. The van der Waals surface area contributed by atoms with Crippen molar-refractivity contribution in [2.75, 3.05) is 26.2 Å². The molecule has 1 rings (SSSR count). The summed E-state index contributed by atoms with van der Waals surface area (Å²) in [5.41, 5.74) is 0.424. The van der Waals surface area contributed by atoms with Crippen LogP contribution in [0.4, 0.5) is 0 Å². The lowest BCUT2D eigenvalue weighted by Gasteiger charge is -2.17. The third kappa shape index (κ3) is 4.45. The Kier molecular flexibility index (Phi) is 6.93. The minimum absolute atomic E-state index is 0.192. The van der Waals surface area contributed by atoms with Gasteiger partial charge in [-0.25, -0.2) is 0 Å². The van der Waals surface area contributed by atoms with Gasteiger partial charge in [-0.2, -0.15) is 11.8 Å². The lowest BCUT2D eigenvalue weighted by molar-refractivity contribution is -0.122. The van der Waals surface area contributed by atoms with Gasteiger partial charge in [-0.05, 0) is 30.6 Å². The van der Waals surface area contributed by atoms with Gasteiger partial charge in [0.05, 0.1) is 12.7 Å². The fourth-order valence-electron chi connectivity index (χ4n) is 1.75. The highest BCUT2D eigenvalue weighted by Gasteiger charge is 2.21. The van der Waals surface area contributed by atoms with E-state index in [4.69, 9.17) is 4.74 Å². The molecule has 0 bridgehead atoms. The van der Waals surface area contributed by atoms with E-state index in [1.165, 1.54) is 7.11 Å². The van der Waals surface area contributed by atoms with E-state index in [1.807, 2.05) is 6.26 Å². The van der Waals surface area contributed by atoms with E-state index in [2.05, 4.69) is 10.6 Å². The third-order valence-corrected chi connectivity index (χ3v) is 3.47. The zero-order chi connectivity index (χ0) is 15.0. The summed E-state index contributed by atoms with van der Waals surface area (Å²) in [5.74, 6) is 0.787. The molecule has 1 aromatic carbocycles. The Morgan fingerprint density at radius 3 is 2.65 bits per heavy atom. The van der Waals surface area contributed by atoms with E-state index < -0.39 is 6.04 Å². The summed E-state index contributed by atoms with van der Waals surface area (Å²) in [4.78, 5) is 24.0. The van der Waals surface area contributed by atoms with Crippen molar-refractivity contribution in [1.82, 2.24) is 10.6 Å². The molecule has 110 valence electrons. The van der Waals surface area contributed by atoms with Crippen LogP contribution in [0.15, 0.2) is 24.3 Å². The molecule has 0 aliphatic rings. The van der Waals surface area contributed by atoms with Gasteiger partial charge < -0.3 is 15.4 Å². The fourth-order valence-corrected chi connectivity index (χ4v) is 2.22. The van der Waals surface area contributed by atoms with Gasteiger partial charge in [0.25, 0.3) is 5.91 Å². The van der Waals surface area contributed by atoms with Crippen LogP contribution in [-0.4, -0.2) is 44.0 Å². The number of thioether (sulfide) groups is 1. The summed E-state index contributed by atoms with van der Waals surface area (Å²) in [6, 6.07) is 6.40. The zero-order valence-electron chi connectivity index (χ0n) is 11.9. The molecule has 1 aromatic rings. The van der Waals surface area contributed by atoms with Crippen LogP contribution in [-0.2, 0) is 4.79 Å². The molecule has 0 fully saturated rings. The van der Waals surface area contributed by atoms with E-state index in [0.717, 1.165) is 5.75 Å². The number of likely N-dealkylation sites (N-methyl/N-ethyl adjacent to an activating group) is 1. The number of nitrogens with one attached hydrogen (secondary N) is 2. The number of rotatable bonds is 7. The number of hydrogen-bond donors (Lipinski definition) is 2. The standard InChI is InChI=1S/C14H20N2O3S/c1-15-14(18)11(8-9-20-3)16-13(17)10-6-4-5-7-12(10)19-2/h4-7,11H,8-9H2,1-3H3,(H,15,18)(H,16,17). The summed E-state index contributed by atoms with van der Waals surface area (Å²) in [6.45, 7) is 0. The summed E-state index contributed by atoms with van der Waals surface area (Å²) >= 11 is 1.63. The molecule has 0 saturated carbocycles. The van der Waals surface area contributed by atoms with Gasteiger partial charge in [-0.3, -0.25) is 9.59 Å². The molecule has 1 unspecified atom stereocenters. The highest BCUT2D eigenvalue weighted by molar-refractivity contribution is 7.98. The molecular weight excluding hydrogens is 276 g/mol. The first-order valence-electron chi connectivity index (χ1n) is 6.28. The summed E-state index contributed by atoms with van der Waals surface area (Å²) in [7, 11) is 3.07. The summed E-state index contributed by atoms with van der Waals surface area (Å²) < 4.78 is 5.15. The average molecular weight is 296 g/mol. The number of methoxy groups -OCH3 is 1. The smallest absolute Gasteiger partial charge is 0.255 e. The quantitative estimate of drug-likeness (QED) is 0.796. The van der Waals surface area contributed by atoms with Crippen molar-refractivity contribution < 1.29 is 14.3 Å². The molecule has 2 amide bonds. The molecule has 0 radical (unpaired) electrons. The fraction of sp³-hybridized carbons (Fsp3) is 0.429. The topological polar surface area (TPSA) is 67.4 Å². The molecule has 20 heavy (non-hydrogen) atoms. The Bertz CT molecular complexity index is 465. The van der Waals surface area contributed by atoms with Crippen LogP contribution >= 0.6 is 11.8 Å². The first kappa shape index (κ1) is 16.4. The van der Waals surface area contributed by atoms with Crippen molar-refractivity contribution >= 4 is 23.6 Å². The minimum atomic E-state index is -0.537. The number of para-hydroxylation sites is 1. The predicted molar refractivity (Wildman–Crippen MR) is 81.3 cm³/mol. The van der Waals surface area contributed by atoms with E-state index in [0.29, 0.717) is 17.7 Å². The largest absolute Gasteiger partial charge is 0.496 e. The summed E-state index contributed by atoms with van der Waals surface area (Å²) in [6.07, 6.45) is 2.55. The van der Waals surface area contributed by atoms with E-state index in [9.17, 15) is 9.59 Å². The van der Waals surface area contributed by atoms with Gasteiger partial charge in [0.15, 0.2) is 0 Å². The Hall–Kier alpha value is -1.69. The number of amides is 2. The van der Waals surface area contributed by atoms with Crippen LogP contribution in [0.2, 0.25) is 0 Å². The highest BCUT2D eigenvalue weighted by atomic mass is 32.2. The minimum Gasteiger partial charge on any atom is -0.496 e. The molecule has 5 nitrogen and oxygen atoms in total. The van der Waals surface area contributed by atoms with Crippen LogP contribution < -0.4 is 15.4 Å². The Balaban J connectivity index is 2.81. The second kappa shape index (κ2) is 8.47. The van der Waals surface area contributed by atoms with Crippen molar-refractivity contribution in [3.05, 3.63) is 29.8 Å². The highest BCUT2D eigenvalue weighted by Crippen LogP contribution is 2.17. The molecule has 6 heteroatoms. The molecule has 1 atom stereocenters. The molecule has 2 N–H and O–H groups in total. The first-order valence-corrected chi connectivity index (χ1v) is 7.67. The number of carbonyl (C=O) groups is 2. The van der Waals surface area contributed by atoms with Crippen LogP contribution in [0.1, 0.15) is 16.8 Å². The maximum Gasteiger partial charge on any atom is 0.255 e. The van der Waals surface area contributed by atoms with Crippen molar-refractivity contribution in [1.29, 1.82) is 0 Å². The van der Waals surface area contributed by atoms with Crippen molar-refractivity contribution in [3.8, 4) is 5.75 Å². The Morgan fingerprint density at radius 2 is 2.05 bits per heavy atom. The Morgan fingerprint density at radius 1 is 1.35 bits per heavy atom. The van der Waals surface area contributed by atoms with Gasteiger partial charge in [0.2, 0.25) is 5.91 Å². The number of benzene rings is 1. The lowest BCUT2D eigenvalue weighted by atomic mass is 10.1. The molecule has 0 saturated heterocycles. The second-order valence-corrected chi connectivity index (χ2v) is 5.11. The Labute approximate surface area is 123 Å². The van der Waals surface area contributed by atoms with Gasteiger partial charge in [-0.15, -0.1) is 0 Å². The van der Waals surface area contributed by atoms with Crippen molar-refractivity contribution in [3.63, 3.8) is 0 Å². The van der Waals surface area contributed by atoms with E-state index >= 15 is 0 Å². The van der Waals surface area contributed by atoms with Crippen molar-refractivity contribution in [2.45, 2.75) is 12.5 Å². The monoisotopic (exact) mass is 296 g/mol. The van der Waals surface area contributed by atoms with E-state index in [-0.39, 0.29) is 11.8 Å². The molecule has 0 aliphatic carbocycles. The predicted octanol–water partition coefficient (Wildman–Crippen LogP) is 1.29. The number of hydrogen-bond acceptors (Lipinski definition) is 4. The molecular formula is C14H20N2O3S. The molecule has 0 spiro atoms. The van der Waals surface area contributed by atoms with E-state index in [1.54, 1.807) is 43.1 Å². The maximum absolute atomic E-state index is 12.2.